The first-order valence-electron chi connectivity index (χ1n) is 5.12. The first-order chi connectivity index (χ1) is 8.19. The quantitative estimate of drug-likeness (QED) is 0.194. The predicted molar refractivity (Wildman–Crippen MR) is 63.8 cm³/mol. The number of nitrogens with zero attached hydrogens (tertiary/aromatic N) is 3. The molecule has 1 aromatic carbocycles. The van der Waals surface area contributed by atoms with E-state index in [-0.39, 0.29) is 13.0 Å². The molecule has 0 aliphatic heterocycles. The first kappa shape index (κ1) is 13.3. The molecule has 0 spiro atoms. The minimum absolute atomic E-state index is 0.142. The van der Waals surface area contributed by atoms with Crippen molar-refractivity contribution in [3.05, 3.63) is 40.3 Å². The molecule has 0 bridgehead atoms. The number of nitrogens with two attached hydrogens (primary N) is 1. The van der Waals surface area contributed by atoms with Gasteiger partial charge in [0, 0.05) is 17.1 Å². The second-order valence-corrected chi connectivity index (χ2v) is 3.53. The van der Waals surface area contributed by atoms with Crippen LogP contribution in [0.1, 0.15) is 18.1 Å². The van der Waals surface area contributed by atoms with Gasteiger partial charge in [-0.25, -0.2) is 0 Å². The van der Waals surface area contributed by atoms with E-state index in [0.717, 1.165) is 0 Å². The van der Waals surface area contributed by atoms with Gasteiger partial charge in [0.15, 0.2) is 0 Å². The van der Waals surface area contributed by atoms with Gasteiger partial charge in [-0.15, -0.1) is 0 Å². The SMILES string of the molecule is [N-]=[N+]=NCCC(O)C(O)c1cccc(NN)c1. The van der Waals surface area contributed by atoms with E-state index in [4.69, 9.17) is 11.4 Å². The standard InChI is InChI=1S/C10H15N5O2/c11-14-8-3-1-2-7(6-8)10(17)9(16)4-5-13-15-12/h1-3,6,9-10,14,16-17H,4-5,11H2. The molecule has 92 valence electrons. The summed E-state index contributed by atoms with van der Waals surface area (Å²) < 4.78 is 0. The fraction of sp³-hybridized carbons (Fsp3) is 0.400. The molecule has 17 heavy (non-hydrogen) atoms. The molecule has 1 rings (SSSR count). The molecule has 0 radical (unpaired) electrons. The Morgan fingerprint density at radius 3 is 2.88 bits per heavy atom. The molecule has 0 saturated carbocycles. The average molecular weight is 237 g/mol. The lowest BCUT2D eigenvalue weighted by Crippen LogP contribution is -2.19. The third-order valence-corrected chi connectivity index (χ3v) is 2.35. The Kier molecular flexibility index (Phi) is 5.25. The maximum atomic E-state index is 9.85. The van der Waals surface area contributed by atoms with Gasteiger partial charge in [0.2, 0.25) is 0 Å². The van der Waals surface area contributed by atoms with Crippen molar-refractivity contribution in [1.82, 2.24) is 0 Å². The number of aliphatic hydroxyl groups is 2. The molecule has 0 amide bonds. The van der Waals surface area contributed by atoms with E-state index in [1.807, 2.05) is 0 Å². The monoisotopic (exact) mass is 237 g/mol. The molecule has 5 N–H and O–H groups in total. The second-order valence-electron chi connectivity index (χ2n) is 3.53. The number of azide groups is 1. The summed E-state index contributed by atoms with van der Waals surface area (Å²) in [6.45, 7) is 0.142. The van der Waals surface area contributed by atoms with Crippen LogP contribution in [0.4, 0.5) is 5.69 Å². The van der Waals surface area contributed by atoms with Crippen LogP contribution in [0.2, 0.25) is 0 Å². The molecule has 1 aromatic rings. The van der Waals surface area contributed by atoms with Gasteiger partial charge in [-0.3, -0.25) is 5.84 Å². The highest BCUT2D eigenvalue weighted by Crippen LogP contribution is 2.21. The van der Waals surface area contributed by atoms with Crippen molar-refractivity contribution < 1.29 is 10.2 Å². The van der Waals surface area contributed by atoms with Crippen LogP contribution in [-0.4, -0.2) is 22.9 Å². The molecule has 2 atom stereocenters. The molecule has 0 fully saturated rings. The summed E-state index contributed by atoms with van der Waals surface area (Å²) in [7, 11) is 0. The van der Waals surface area contributed by atoms with Gasteiger partial charge < -0.3 is 15.6 Å². The van der Waals surface area contributed by atoms with E-state index in [1.165, 1.54) is 0 Å². The normalized spacial score (nSPS) is 13.6. The minimum Gasteiger partial charge on any atom is -0.390 e. The highest BCUT2D eigenvalue weighted by molar-refractivity contribution is 5.45. The molecule has 2 unspecified atom stereocenters. The third kappa shape index (κ3) is 3.93. The molecule has 7 nitrogen and oxygen atoms in total. The van der Waals surface area contributed by atoms with Gasteiger partial charge in [-0.1, -0.05) is 17.2 Å². The third-order valence-electron chi connectivity index (χ3n) is 2.35. The Bertz CT molecular complexity index is 405. The largest absolute Gasteiger partial charge is 0.390 e. The summed E-state index contributed by atoms with van der Waals surface area (Å²) in [5.41, 5.74) is 11.7. The first-order valence-corrected chi connectivity index (χ1v) is 5.12. The summed E-state index contributed by atoms with van der Waals surface area (Å²) >= 11 is 0. The molecule has 0 aromatic heterocycles. The van der Waals surface area contributed by atoms with Gasteiger partial charge in [-0.2, -0.15) is 0 Å². The van der Waals surface area contributed by atoms with E-state index < -0.39 is 12.2 Å². The molecule has 0 heterocycles. The molecule has 0 aliphatic carbocycles. The lowest BCUT2D eigenvalue weighted by atomic mass is 10.0. The number of hydrazine groups is 1. The number of hydrogen-bond acceptors (Lipinski definition) is 5. The minimum atomic E-state index is -1.03. The van der Waals surface area contributed by atoms with Gasteiger partial charge >= 0.3 is 0 Å². The van der Waals surface area contributed by atoms with Crippen LogP contribution in [0.3, 0.4) is 0 Å². The van der Waals surface area contributed by atoms with Crippen molar-refractivity contribution in [3.8, 4) is 0 Å². The van der Waals surface area contributed by atoms with Crippen molar-refractivity contribution in [2.75, 3.05) is 12.0 Å². The van der Waals surface area contributed by atoms with Crippen LogP contribution < -0.4 is 11.3 Å². The Hall–Kier alpha value is -1.79. The van der Waals surface area contributed by atoms with Crippen LogP contribution in [0, 0.1) is 0 Å². The van der Waals surface area contributed by atoms with Gasteiger partial charge in [0.1, 0.15) is 6.10 Å². The lowest BCUT2D eigenvalue weighted by molar-refractivity contribution is 0.0151. The summed E-state index contributed by atoms with van der Waals surface area (Å²) in [6.07, 6.45) is -1.81. The maximum Gasteiger partial charge on any atom is 0.105 e. The van der Waals surface area contributed by atoms with Crippen molar-refractivity contribution in [1.29, 1.82) is 0 Å². The van der Waals surface area contributed by atoms with Crippen LogP contribution in [0.5, 0.6) is 0 Å². The van der Waals surface area contributed by atoms with E-state index in [1.54, 1.807) is 24.3 Å². The van der Waals surface area contributed by atoms with Crippen molar-refractivity contribution in [2.24, 2.45) is 11.0 Å². The summed E-state index contributed by atoms with van der Waals surface area (Å²) in [5.74, 6) is 5.24. The van der Waals surface area contributed by atoms with E-state index in [0.29, 0.717) is 11.3 Å². The van der Waals surface area contributed by atoms with E-state index in [2.05, 4.69) is 15.5 Å². The smallest absolute Gasteiger partial charge is 0.105 e. The van der Waals surface area contributed by atoms with Crippen LogP contribution in [-0.2, 0) is 0 Å². The van der Waals surface area contributed by atoms with Crippen LogP contribution in [0.15, 0.2) is 29.4 Å². The zero-order chi connectivity index (χ0) is 12.7. The number of nitrogen functional groups attached to an aromatic ring is 1. The fourth-order valence-corrected chi connectivity index (χ4v) is 1.43. The van der Waals surface area contributed by atoms with Gasteiger partial charge in [-0.05, 0) is 29.6 Å². The van der Waals surface area contributed by atoms with Gasteiger partial charge in [0.25, 0.3) is 0 Å². The van der Waals surface area contributed by atoms with Gasteiger partial charge in [0.05, 0.1) is 6.10 Å². The molecule has 0 saturated heterocycles. The number of hydrogen-bond donors (Lipinski definition) is 4. The van der Waals surface area contributed by atoms with Crippen LogP contribution in [0.25, 0.3) is 10.4 Å². The topological polar surface area (TPSA) is 127 Å². The number of anilines is 1. The zero-order valence-corrected chi connectivity index (χ0v) is 9.19. The number of aliphatic hydroxyl groups excluding tert-OH is 2. The Morgan fingerprint density at radius 1 is 1.47 bits per heavy atom. The molecule has 7 heteroatoms. The number of benzene rings is 1. The van der Waals surface area contributed by atoms with Crippen molar-refractivity contribution in [2.45, 2.75) is 18.6 Å². The molecular formula is C10H15N5O2. The lowest BCUT2D eigenvalue weighted by Gasteiger charge is -2.17. The van der Waals surface area contributed by atoms with Crippen molar-refractivity contribution >= 4 is 5.69 Å². The maximum absolute atomic E-state index is 9.85. The zero-order valence-electron chi connectivity index (χ0n) is 9.19. The Labute approximate surface area is 98.5 Å². The number of nitrogens with one attached hydrogen (secondary N) is 1. The van der Waals surface area contributed by atoms with E-state index in [9.17, 15) is 10.2 Å². The van der Waals surface area contributed by atoms with E-state index >= 15 is 0 Å². The summed E-state index contributed by atoms with van der Waals surface area (Å²) in [6, 6.07) is 6.78. The highest BCUT2D eigenvalue weighted by Gasteiger charge is 2.17. The average Bonchev–Trinajstić information content (AvgIpc) is 2.38. The summed E-state index contributed by atoms with van der Waals surface area (Å²) in [5, 5.41) is 22.8. The number of rotatable bonds is 6. The Balaban J connectivity index is 2.66. The molecular weight excluding hydrogens is 222 g/mol. The Morgan fingerprint density at radius 2 is 2.24 bits per heavy atom. The summed E-state index contributed by atoms with van der Waals surface area (Å²) in [4.78, 5) is 2.57. The van der Waals surface area contributed by atoms with Crippen LogP contribution >= 0.6 is 0 Å². The highest BCUT2D eigenvalue weighted by atomic mass is 16.3. The van der Waals surface area contributed by atoms with Crippen molar-refractivity contribution in [3.63, 3.8) is 0 Å². The predicted octanol–water partition coefficient (Wildman–Crippen LogP) is 1.07. The second kappa shape index (κ2) is 6.72. The molecule has 0 aliphatic rings. The fourth-order valence-electron chi connectivity index (χ4n) is 1.43.